The molecule has 0 amide bonds. The Labute approximate surface area is 107 Å². The third-order valence-corrected chi connectivity index (χ3v) is 3.59. The largest absolute Gasteiger partial charge is 0.308 e. The molecule has 2 unspecified atom stereocenters. The van der Waals surface area contributed by atoms with Gasteiger partial charge in [0.15, 0.2) is 0 Å². The minimum absolute atomic E-state index is 0.372. The molecule has 1 aromatic carbocycles. The van der Waals surface area contributed by atoms with Gasteiger partial charge in [-0.3, -0.25) is 0 Å². The highest BCUT2D eigenvalue weighted by Gasteiger charge is 2.22. The molecule has 18 heavy (non-hydrogen) atoms. The number of rotatable bonds is 2. The zero-order valence-electron chi connectivity index (χ0n) is 10.6. The Morgan fingerprint density at radius 3 is 2.78 bits per heavy atom. The van der Waals surface area contributed by atoms with Gasteiger partial charge in [0.1, 0.15) is 0 Å². The Kier molecular flexibility index (Phi) is 3.11. The Bertz CT molecular complexity index is 498. The summed E-state index contributed by atoms with van der Waals surface area (Å²) >= 11 is 0. The van der Waals surface area contributed by atoms with Gasteiger partial charge < -0.3 is 5.32 Å². The van der Waals surface area contributed by atoms with E-state index in [2.05, 4.69) is 34.7 Å². The summed E-state index contributed by atoms with van der Waals surface area (Å²) in [7, 11) is 0. The molecule has 0 bridgehead atoms. The zero-order chi connectivity index (χ0) is 12.4. The average molecular weight is 242 g/mol. The van der Waals surface area contributed by atoms with E-state index in [9.17, 15) is 0 Å². The van der Waals surface area contributed by atoms with Crippen molar-refractivity contribution < 1.29 is 0 Å². The van der Waals surface area contributed by atoms with Gasteiger partial charge >= 0.3 is 0 Å². The summed E-state index contributed by atoms with van der Waals surface area (Å²) in [5.41, 5.74) is 2.23. The summed E-state index contributed by atoms with van der Waals surface area (Å²) < 4.78 is 1.94. The summed E-state index contributed by atoms with van der Waals surface area (Å²) in [6.07, 6.45) is 4.29. The maximum absolute atomic E-state index is 4.21. The van der Waals surface area contributed by atoms with Crippen molar-refractivity contribution in [3.63, 3.8) is 0 Å². The molecular formula is C14H18N4. The van der Waals surface area contributed by atoms with E-state index in [0.717, 1.165) is 30.3 Å². The second-order valence-electron chi connectivity index (χ2n) is 5.05. The Morgan fingerprint density at radius 2 is 2.06 bits per heavy atom. The van der Waals surface area contributed by atoms with Crippen LogP contribution in [0.3, 0.4) is 0 Å². The lowest BCUT2D eigenvalue weighted by atomic mass is 9.95. The second-order valence-corrected chi connectivity index (χ2v) is 5.05. The molecule has 0 radical (unpaired) electrons. The fraction of sp³-hybridized carbons (Fsp3) is 0.429. The SMILES string of the molecule is CC1CCC(c2cnnn2-c2ccccc2)NC1. The second kappa shape index (κ2) is 4.90. The molecule has 0 spiro atoms. The van der Waals surface area contributed by atoms with Crippen molar-refractivity contribution in [3.05, 3.63) is 42.2 Å². The lowest BCUT2D eigenvalue weighted by Gasteiger charge is -2.27. The number of hydrogen-bond acceptors (Lipinski definition) is 3. The summed E-state index contributed by atoms with van der Waals surface area (Å²) in [6.45, 7) is 3.36. The van der Waals surface area contributed by atoms with Crippen molar-refractivity contribution in [2.24, 2.45) is 5.92 Å². The molecule has 1 aromatic heterocycles. The lowest BCUT2D eigenvalue weighted by molar-refractivity contribution is 0.325. The van der Waals surface area contributed by atoms with Crippen LogP contribution in [0.5, 0.6) is 0 Å². The predicted octanol–water partition coefficient (Wildman–Crippen LogP) is 2.33. The highest BCUT2D eigenvalue weighted by molar-refractivity contribution is 5.32. The van der Waals surface area contributed by atoms with Gasteiger partial charge in [-0.2, -0.15) is 0 Å². The first kappa shape index (κ1) is 11.4. The van der Waals surface area contributed by atoms with Crippen LogP contribution >= 0.6 is 0 Å². The molecule has 1 aliphatic rings. The van der Waals surface area contributed by atoms with Crippen molar-refractivity contribution in [3.8, 4) is 5.69 Å². The quantitative estimate of drug-likeness (QED) is 0.879. The fourth-order valence-corrected chi connectivity index (χ4v) is 2.50. The smallest absolute Gasteiger partial charge is 0.0815 e. The van der Waals surface area contributed by atoms with E-state index in [1.54, 1.807) is 0 Å². The molecule has 1 saturated heterocycles. The van der Waals surface area contributed by atoms with Crippen molar-refractivity contribution in [1.29, 1.82) is 0 Å². The molecule has 4 nitrogen and oxygen atoms in total. The summed E-state index contributed by atoms with van der Waals surface area (Å²) in [6, 6.07) is 10.6. The molecule has 3 rings (SSSR count). The number of nitrogens with one attached hydrogen (secondary N) is 1. The number of para-hydroxylation sites is 1. The molecule has 2 heterocycles. The van der Waals surface area contributed by atoms with Gasteiger partial charge in [-0.1, -0.05) is 30.3 Å². The van der Waals surface area contributed by atoms with Gasteiger partial charge in [0.25, 0.3) is 0 Å². The summed E-state index contributed by atoms with van der Waals surface area (Å²) in [5.74, 6) is 0.766. The topological polar surface area (TPSA) is 42.7 Å². The van der Waals surface area contributed by atoms with Gasteiger partial charge in [-0.15, -0.1) is 5.10 Å². The number of nitrogens with zero attached hydrogens (tertiary/aromatic N) is 3. The number of benzene rings is 1. The molecule has 0 saturated carbocycles. The monoisotopic (exact) mass is 242 g/mol. The van der Waals surface area contributed by atoms with Crippen molar-refractivity contribution in [1.82, 2.24) is 20.3 Å². The Morgan fingerprint density at radius 1 is 1.22 bits per heavy atom. The highest BCUT2D eigenvalue weighted by atomic mass is 15.4. The van der Waals surface area contributed by atoms with E-state index in [1.807, 2.05) is 29.1 Å². The molecule has 4 heteroatoms. The van der Waals surface area contributed by atoms with E-state index in [1.165, 1.54) is 6.42 Å². The van der Waals surface area contributed by atoms with E-state index in [0.29, 0.717) is 6.04 Å². The minimum Gasteiger partial charge on any atom is -0.308 e. The first-order valence-electron chi connectivity index (χ1n) is 6.54. The first-order valence-corrected chi connectivity index (χ1v) is 6.54. The van der Waals surface area contributed by atoms with Crippen LogP contribution in [-0.4, -0.2) is 21.5 Å². The zero-order valence-corrected chi connectivity index (χ0v) is 10.6. The molecular weight excluding hydrogens is 224 g/mol. The van der Waals surface area contributed by atoms with Crippen LogP contribution < -0.4 is 5.32 Å². The first-order chi connectivity index (χ1) is 8.84. The van der Waals surface area contributed by atoms with Crippen LogP contribution in [0.2, 0.25) is 0 Å². The van der Waals surface area contributed by atoms with E-state index >= 15 is 0 Å². The molecule has 0 aliphatic carbocycles. The number of hydrogen-bond donors (Lipinski definition) is 1. The Balaban J connectivity index is 1.88. The third-order valence-electron chi connectivity index (χ3n) is 3.59. The Hall–Kier alpha value is -1.68. The number of piperidine rings is 1. The van der Waals surface area contributed by atoms with Gasteiger partial charge in [0, 0.05) is 0 Å². The fourth-order valence-electron chi connectivity index (χ4n) is 2.50. The maximum atomic E-state index is 4.21. The van der Waals surface area contributed by atoms with Crippen LogP contribution in [-0.2, 0) is 0 Å². The van der Waals surface area contributed by atoms with Crippen LogP contribution in [0.15, 0.2) is 36.5 Å². The summed E-state index contributed by atoms with van der Waals surface area (Å²) in [4.78, 5) is 0. The molecule has 1 fully saturated rings. The van der Waals surface area contributed by atoms with Crippen LogP contribution in [0.4, 0.5) is 0 Å². The average Bonchev–Trinajstić information content (AvgIpc) is 2.90. The number of aromatic nitrogens is 3. The molecule has 2 atom stereocenters. The van der Waals surface area contributed by atoms with Crippen molar-refractivity contribution in [2.75, 3.05) is 6.54 Å². The third kappa shape index (κ3) is 2.16. The van der Waals surface area contributed by atoms with Gasteiger partial charge in [-0.05, 0) is 37.4 Å². The predicted molar refractivity (Wildman–Crippen MR) is 70.5 cm³/mol. The molecule has 94 valence electrons. The standard InChI is InChI=1S/C14H18N4/c1-11-7-8-13(15-9-11)14-10-16-17-18(14)12-5-3-2-4-6-12/h2-6,10-11,13,15H,7-9H2,1H3. The van der Waals surface area contributed by atoms with Gasteiger partial charge in [-0.25, -0.2) is 4.68 Å². The minimum atomic E-state index is 0.372. The van der Waals surface area contributed by atoms with Gasteiger partial charge in [0.2, 0.25) is 0 Å². The van der Waals surface area contributed by atoms with Crippen LogP contribution in [0, 0.1) is 5.92 Å². The summed E-state index contributed by atoms with van der Waals surface area (Å²) in [5, 5.41) is 11.9. The maximum Gasteiger partial charge on any atom is 0.0815 e. The van der Waals surface area contributed by atoms with E-state index < -0.39 is 0 Å². The van der Waals surface area contributed by atoms with E-state index in [-0.39, 0.29) is 0 Å². The van der Waals surface area contributed by atoms with Crippen LogP contribution in [0.25, 0.3) is 5.69 Å². The van der Waals surface area contributed by atoms with Crippen molar-refractivity contribution in [2.45, 2.75) is 25.8 Å². The molecule has 1 aliphatic heterocycles. The molecule has 1 N–H and O–H groups in total. The van der Waals surface area contributed by atoms with Crippen molar-refractivity contribution >= 4 is 0 Å². The molecule has 2 aromatic rings. The van der Waals surface area contributed by atoms with E-state index in [4.69, 9.17) is 0 Å². The lowest BCUT2D eigenvalue weighted by Crippen LogP contribution is -2.33. The van der Waals surface area contributed by atoms with Crippen LogP contribution in [0.1, 0.15) is 31.5 Å². The highest BCUT2D eigenvalue weighted by Crippen LogP contribution is 2.26. The normalized spacial score (nSPS) is 24.1. The van der Waals surface area contributed by atoms with Gasteiger partial charge in [0.05, 0.1) is 23.6 Å².